The molecule has 5 heteroatoms. The highest BCUT2D eigenvalue weighted by Crippen LogP contribution is 2.24. The summed E-state index contributed by atoms with van der Waals surface area (Å²) in [5.41, 5.74) is 2.31. The number of aromatic nitrogens is 1. The highest BCUT2D eigenvalue weighted by molar-refractivity contribution is 6.04. The number of fused-ring (bicyclic) bond motifs is 1. The van der Waals surface area contributed by atoms with Crippen molar-refractivity contribution in [1.29, 1.82) is 0 Å². The van der Waals surface area contributed by atoms with Crippen molar-refractivity contribution in [3.8, 4) is 0 Å². The van der Waals surface area contributed by atoms with Gasteiger partial charge in [-0.25, -0.2) is 4.79 Å². The first-order valence-corrected chi connectivity index (χ1v) is 6.45. The zero-order valence-electron chi connectivity index (χ0n) is 10.8. The van der Waals surface area contributed by atoms with Gasteiger partial charge >= 0.3 is 5.97 Å². The van der Waals surface area contributed by atoms with Crippen molar-refractivity contribution in [2.75, 3.05) is 18.4 Å². The van der Waals surface area contributed by atoms with E-state index in [9.17, 15) is 4.79 Å². The summed E-state index contributed by atoms with van der Waals surface area (Å²) in [5, 5.41) is 16.6. The highest BCUT2D eigenvalue weighted by atomic mass is 16.4. The van der Waals surface area contributed by atoms with Gasteiger partial charge < -0.3 is 20.3 Å². The first-order valence-electron chi connectivity index (χ1n) is 6.45. The maximum atomic E-state index is 11.1. The second-order valence-electron chi connectivity index (χ2n) is 5.01. The molecular formula is C14H17N3O2. The van der Waals surface area contributed by atoms with Crippen molar-refractivity contribution in [2.24, 2.45) is 7.05 Å². The first-order chi connectivity index (χ1) is 9.15. The number of nitrogens with one attached hydrogen (secondary N) is 2. The summed E-state index contributed by atoms with van der Waals surface area (Å²) in [4.78, 5) is 11.1. The zero-order valence-corrected chi connectivity index (χ0v) is 10.8. The lowest BCUT2D eigenvalue weighted by atomic mass is 10.1. The quantitative estimate of drug-likeness (QED) is 0.781. The number of carboxylic acids is 1. The second kappa shape index (κ2) is 4.59. The monoisotopic (exact) mass is 259 g/mol. The smallest absolute Gasteiger partial charge is 0.337 e. The van der Waals surface area contributed by atoms with Gasteiger partial charge in [-0.15, -0.1) is 0 Å². The van der Waals surface area contributed by atoms with E-state index in [1.165, 1.54) is 6.42 Å². The predicted molar refractivity (Wildman–Crippen MR) is 74.8 cm³/mol. The maximum absolute atomic E-state index is 11.1. The van der Waals surface area contributed by atoms with Gasteiger partial charge in [0.25, 0.3) is 0 Å². The van der Waals surface area contributed by atoms with E-state index < -0.39 is 5.97 Å². The lowest BCUT2D eigenvalue weighted by molar-refractivity contribution is 0.0699. The van der Waals surface area contributed by atoms with Gasteiger partial charge in [0.05, 0.1) is 11.1 Å². The lowest BCUT2D eigenvalue weighted by Gasteiger charge is -2.28. The van der Waals surface area contributed by atoms with Crippen LogP contribution in [0.1, 0.15) is 16.8 Å². The fourth-order valence-electron chi connectivity index (χ4n) is 2.43. The molecule has 2 heterocycles. The average Bonchev–Trinajstić information content (AvgIpc) is 2.65. The van der Waals surface area contributed by atoms with E-state index >= 15 is 0 Å². The molecular weight excluding hydrogens is 242 g/mol. The molecule has 3 N–H and O–H groups in total. The summed E-state index contributed by atoms with van der Waals surface area (Å²) in [6.45, 7) is 2.01. The van der Waals surface area contributed by atoms with Crippen LogP contribution in [0, 0.1) is 0 Å². The third-order valence-electron chi connectivity index (χ3n) is 3.70. The largest absolute Gasteiger partial charge is 0.478 e. The van der Waals surface area contributed by atoms with Gasteiger partial charge in [-0.05, 0) is 31.2 Å². The molecule has 2 aromatic rings. The van der Waals surface area contributed by atoms with Gasteiger partial charge in [0.2, 0.25) is 0 Å². The molecule has 3 rings (SSSR count). The molecule has 1 aromatic carbocycles. The lowest BCUT2D eigenvalue weighted by Crippen LogP contribution is -2.47. The summed E-state index contributed by atoms with van der Waals surface area (Å²) in [6.07, 6.45) is 2.87. The van der Waals surface area contributed by atoms with E-state index in [0.29, 0.717) is 11.6 Å². The van der Waals surface area contributed by atoms with Gasteiger partial charge in [0, 0.05) is 36.9 Å². The minimum atomic E-state index is -0.884. The van der Waals surface area contributed by atoms with Crippen LogP contribution in [0.25, 0.3) is 10.9 Å². The van der Waals surface area contributed by atoms with E-state index in [1.54, 1.807) is 6.20 Å². The standard InChI is InChI=1S/C14H17N3O2/c1-17-8-12(14(18)19)11-3-2-9(6-13(11)17)16-7-10-4-5-15-10/h2-3,6,8,10,15-16H,4-5,7H2,1H3,(H,18,19). The predicted octanol–water partition coefficient (Wildman–Crippen LogP) is 1.65. The van der Waals surface area contributed by atoms with Gasteiger partial charge in [-0.1, -0.05) is 0 Å². The molecule has 100 valence electrons. The van der Waals surface area contributed by atoms with E-state index in [0.717, 1.165) is 29.7 Å². The number of aromatic carboxylic acids is 1. The molecule has 1 fully saturated rings. The normalized spacial score (nSPS) is 18.3. The Balaban J connectivity index is 1.87. The topological polar surface area (TPSA) is 66.3 Å². The maximum Gasteiger partial charge on any atom is 0.337 e. The third-order valence-corrected chi connectivity index (χ3v) is 3.70. The number of anilines is 1. The average molecular weight is 259 g/mol. The second-order valence-corrected chi connectivity index (χ2v) is 5.01. The molecule has 0 radical (unpaired) electrons. The SMILES string of the molecule is Cn1cc(C(=O)O)c2ccc(NCC3CCN3)cc21. The van der Waals surface area contributed by atoms with E-state index in [4.69, 9.17) is 5.11 Å². The number of hydrogen-bond donors (Lipinski definition) is 3. The molecule has 5 nitrogen and oxygen atoms in total. The molecule has 0 amide bonds. The fourth-order valence-corrected chi connectivity index (χ4v) is 2.43. The number of carbonyl (C=O) groups is 1. The first kappa shape index (κ1) is 12.0. The van der Waals surface area contributed by atoms with Gasteiger partial charge in [0.1, 0.15) is 0 Å². The highest BCUT2D eigenvalue weighted by Gasteiger charge is 2.16. The molecule has 0 aliphatic carbocycles. The van der Waals surface area contributed by atoms with Crippen LogP contribution in [0.15, 0.2) is 24.4 Å². The van der Waals surface area contributed by atoms with Crippen molar-refractivity contribution in [3.05, 3.63) is 30.0 Å². The van der Waals surface area contributed by atoms with Crippen LogP contribution in [0.5, 0.6) is 0 Å². The molecule has 0 spiro atoms. The molecule has 1 aliphatic rings. The van der Waals surface area contributed by atoms with E-state index in [2.05, 4.69) is 10.6 Å². The molecule has 1 aromatic heterocycles. The van der Waals surface area contributed by atoms with Crippen LogP contribution in [-0.4, -0.2) is 34.8 Å². The van der Waals surface area contributed by atoms with Crippen LogP contribution in [0.4, 0.5) is 5.69 Å². The number of rotatable bonds is 4. The molecule has 1 aliphatic heterocycles. The Bertz CT molecular complexity index is 629. The summed E-state index contributed by atoms with van der Waals surface area (Å²) < 4.78 is 1.85. The van der Waals surface area contributed by atoms with Gasteiger partial charge in [-0.3, -0.25) is 0 Å². The van der Waals surface area contributed by atoms with Crippen molar-refractivity contribution in [1.82, 2.24) is 9.88 Å². The van der Waals surface area contributed by atoms with Gasteiger partial charge in [0.15, 0.2) is 0 Å². The molecule has 0 bridgehead atoms. The summed E-state index contributed by atoms with van der Waals surface area (Å²) in [7, 11) is 1.87. The Morgan fingerprint density at radius 3 is 3.00 bits per heavy atom. The number of benzene rings is 1. The van der Waals surface area contributed by atoms with Crippen molar-refractivity contribution in [3.63, 3.8) is 0 Å². The van der Waals surface area contributed by atoms with E-state index in [1.807, 2.05) is 29.8 Å². The molecule has 1 unspecified atom stereocenters. The molecule has 1 saturated heterocycles. The Hall–Kier alpha value is -2.01. The van der Waals surface area contributed by atoms with E-state index in [-0.39, 0.29) is 0 Å². The molecule has 0 saturated carbocycles. The van der Waals surface area contributed by atoms with Crippen LogP contribution in [0.2, 0.25) is 0 Å². The Morgan fingerprint density at radius 2 is 2.37 bits per heavy atom. The summed E-state index contributed by atoms with van der Waals surface area (Å²) >= 11 is 0. The number of nitrogens with zero attached hydrogens (tertiary/aromatic N) is 1. The van der Waals surface area contributed by atoms with Crippen molar-refractivity contribution in [2.45, 2.75) is 12.5 Å². The Morgan fingerprint density at radius 1 is 1.58 bits per heavy atom. The summed E-state index contributed by atoms with van der Waals surface area (Å²) in [6, 6.07) is 6.36. The van der Waals surface area contributed by atoms with Crippen molar-refractivity contribution >= 4 is 22.6 Å². The summed E-state index contributed by atoms with van der Waals surface area (Å²) in [5.74, 6) is -0.884. The minimum absolute atomic E-state index is 0.352. The Labute approximate surface area is 111 Å². The van der Waals surface area contributed by atoms with Crippen LogP contribution in [-0.2, 0) is 7.05 Å². The minimum Gasteiger partial charge on any atom is -0.478 e. The zero-order chi connectivity index (χ0) is 13.4. The van der Waals surface area contributed by atoms with Crippen LogP contribution < -0.4 is 10.6 Å². The molecule has 1 atom stereocenters. The number of carboxylic acid groups (broad SMARTS) is 1. The van der Waals surface area contributed by atoms with Crippen molar-refractivity contribution < 1.29 is 9.90 Å². The fraction of sp³-hybridized carbons (Fsp3) is 0.357. The Kier molecular flexibility index (Phi) is 2.91. The number of hydrogen-bond acceptors (Lipinski definition) is 3. The third kappa shape index (κ3) is 2.17. The number of aryl methyl sites for hydroxylation is 1. The molecule has 19 heavy (non-hydrogen) atoms. The van der Waals surface area contributed by atoms with Crippen LogP contribution >= 0.6 is 0 Å². The van der Waals surface area contributed by atoms with Crippen LogP contribution in [0.3, 0.4) is 0 Å². The van der Waals surface area contributed by atoms with Gasteiger partial charge in [-0.2, -0.15) is 0 Å².